The highest BCUT2D eigenvalue weighted by molar-refractivity contribution is 9.09. The molecule has 0 bridgehead atoms. The number of carbonyl (C=O) groups is 1. The minimum Gasteiger partial charge on any atom is -0.362 e. The van der Waals surface area contributed by atoms with Gasteiger partial charge in [-0.2, -0.15) is 0 Å². The zero-order valence-corrected chi connectivity index (χ0v) is 6.72. The first kappa shape index (κ1) is 9.07. The molecular weight excluding hydrogens is 188 g/mol. The molecule has 0 aromatic rings. The molecule has 1 N–H and O–H groups in total. The average molecular weight is 197 g/mol. The van der Waals surface area contributed by atoms with Gasteiger partial charge in [-0.15, -0.1) is 0 Å². The third kappa shape index (κ3) is 3.61. The van der Waals surface area contributed by atoms with E-state index in [1.165, 1.54) is 0 Å². The minimum atomic E-state index is -1.26. The maximum atomic E-state index is 10.5. The molecule has 1 atom stereocenters. The van der Waals surface area contributed by atoms with Crippen LogP contribution in [0.5, 0.6) is 0 Å². The first-order valence-corrected chi connectivity index (χ1v) is 3.72. The quantitative estimate of drug-likeness (QED) is 0.521. The Balaban J connectivity index is 3.45. The van der Waals surface area contributed by atoms with Crippen LogP contribution in [-0.4, -0.2) is 29.1 Å². The smallest absolute Gasteiger partial charge is 0.216 e. The molecule has 0 aromatic carbocycles. The molecule has 0 aromatic heterocycles. The fourth-order valence-corrected chi connectivity index (χ4v) is 0.594. The number of halogens is 1. The summed E-state index contributed by atoms with van der Waals surface area (Å²) in [5.41, 5.74) is 0. The zero-order chi connectivity index (χ0) is 7.28. The number of alkyl halides is 1. The van der Waals surface area contributed by atoms with Crippen molar-refractivity contribution in [2.24, 2.45) is 0 Å². The average Bonchev–Trinajstić information content (AvgIpc) is 1.87. The molecular formula is C5H9BrO3. The Kier molecular flexibility index (Phi) is 4.94. The summed E-state index contributed by atoms with van der Waals surface area (Å²) in [5.74, 6) is -0.350. The SMILES string of the molecule is CCOC(O)C(=O)CBr. The highest BCUT2D eigenvalue weighted by Crippen LogP contribution is 1.92. The van der Waals surface area contributed by atoms with Crippen LogP contribution in [0.4, 0.5) is 0 Å². The van der Waals surface area contributed by atoms with E-state index in [9.17, 15) is 4.79 Å². The van der Waals surface area contributed by atoms with E-state index in [2.05, 4.69) is 20.7 Å². The second-order valence-corrected chi connectivity index (χ2v) is 1.97. The third-order valence-electron chi connectivity index (χ3n) is 0.732. The van der Waals surface area contributed by atoms with Gasteiger partial charge in [0.15, 0.2) is 5.78 Å². The van der Waals surface area contributed by atoms with Gasteiger partial charge < -0.3 is 9.84 Å². The molecule has 0 spiro atoms. The van der Waals surface area contributed by atoms with Crippen LogP contribution < -0.4 is 0 Å². The minimum absolute atomic E-state index is 0.133. The molecule has 0 heterocycles. The van der Waals surface area contributed by atoms with Crippen molar-refractivity contribution in [2.45, 2.75) is 13.2 Å². The van der Waals surface area contributed by atoms with E-state index in [4.69, 9.17) is 5.11 Å². The van der Waals surface area contributed by atoms with Crippen molar-refractivity contribution in [3.63, 3.8) is 0 Å². The topological polar surface area (TPSA) is 46.5 Å². The summed E-state index contributed by atoms with van der Waals surface area (Å²) < 4.78 is 4.57. The lowest BCUT2D eigenvalue weighted by atomic mass is 10.4. The van der Waals surface area contributed by atoms with E-state index in [1.807, 2.05) is 0 Å². The zero-order valence-electron chi connectivity index (χ0n) is 5.13. The highest BCUT2D eigenvalue weighted by atomic mass is 79.9. The van der Waals surface area contributed by atoms with E-state index in [0.29, 0.717) is 6.61 Å². The number of hydrogen-bond acceptors (Lipinski definition) is 3. The molecule has 0 aliphatic rings. The van der Waals surface area contributed by atoms with E-state index >= 15 is 0 Å². The molecule has 0 radical (unpaired) electrons. The summed E-state index contributed by atoms with van der Waals surface area (Å²) in [5, 5.41) is 8.85. The van der Waals surface area contributed by atoms with Crippen LogP contribution in [0.2, 0.25) is 0 Å². The van der Waals surface area contributed by atoms with Crippen LogP contribution in [0.1, 0.15) is 6.92 Å². The van der Waals surface area contributed by atoms with Gasteiger partial charge in [0.25, 0.3) is 0 Å². The summed E-state index contributed by atoms with van der Waals surface area (Å²) >= 11 is 2.90. The molecule has 0 amide bonds. The molecule has 0 fully saturated rings. The van der Waals surface area contributed by atoms with Gasteiger partial charge in [-0.25, -0.2) is 0 Å². The largest absolute Gasteiger partial charge is 0.362 e. The standard InChI is InChI=1S/C5H9BrO3/c1-2-9-5(8)4(7)3-6/h5,8H,2-3H2,1H3. The number of carbonyl (C=O) groups excluding carboxylic acids is 1. The summed E-state index contributed by atoms with van der Waals surface area (Å²) in [6.07, 6.45) is -1.26. The Hall–Kier alpha value is 0.0700. The molecule has 1 unspecified atom stereocenters. The van der Waals surface area contributed by atoms with Crippen LogP contribution >= 0.6 is 15.9 Å². The van der Waals surface area contributed by atoms with Crippen LogP contribution in [0.3, 0.4) is 0 Å². The second-order valence-electron chi connectivity index (χ2n) is 1.41. The molecule has 3 nitrogen and oxygen atoms in total. The van der Waals surface area contributed by atoms with Gasteiger partial charge in [-0.3, -0.25) is 4.79 Å². The molecule has 0 saturated heterocycles. The lowest BCUT2D eigenvalue weighted by Crippen LogP contribution is -2.24. The third-order valence-corrected chi connectivity index (χ3v) is 1.28. The van der Waals surface area contributed by atoms with Crippen molar-refractivity contribution in [1.29, 1.82) is 0 Å². The fraction of sp³-hybridized carbons (Fsp3) is 0.800. The Bertz CT molecular complexity index is 94.2. The maximum absolute atomic E-state index is 10.5. The normalized spacial score (nSPS) is 13.2. The highest BCUT2D eigenvalue weighted by Gasteiger charge is 2.11. The first-order chi connectivity index (χ1) is 4.22. The Morgan fingerprint density at radius 2 is 2.44 bits per heavy atom. The summed E-state index contributed by atoms with van der Waals surface area (Å²) in [4.78, 5) is 10.5. The predicted octanol–water partition coefficient (Wildman–Crippen LogP) is 0.305. The van der Waals surface area contributed by atoms with Crippen molar-refractivity contribution in [2.75, 3.05) is 11.9 Å². The van der Waals surface area contributed by atoms with Gasteiger partial charge in [0, 0.05) is 6.61 Å². The number of ketones is 1. The second kappa shape index (κ2) is 4.90. The molecule has 9 heavy (non-hydrogen) atoms. The lowest BCUT2D eigenvalue weighted by molar-refractivity contribution is -0.151. The molecule has 0 rings (SSSR count). The molecule has 0 aliphatic carbocycles. The van der Waals surface area contributed by atoms with Crippen molar-refractivity contribution in [3.05, 3.63) is 0 Å². The number of Topliss-reactive ketones (excluding diaryl/α,β-unsaturated/α-hetero) is 1. The Morgan fingerprint density at radius 1 is 1.89 bits per heavy atom. The van der Waals surface area contributed by atoms with Gasteiger partial charge in [-0.1, -0.05) is 15.9 Å². The van der Waals surface area contributed by atoms with Crippen molar-refractivity contribution in [3.8, 4) is 0 Å². The van der Waals surface area contributed by atoms with E-state index < -0.39 is 6.29 Å². The predicted molar refractivity (Wildman–Crippen MR) is 36.4 cm³/mol. The molecule has 0 saturated carbocycles. The number of aliphatic hydroxyl groups excluding tert-OH is 1. The number of hydrogen-bond donors (Lipinski definition) is 1. The van der Waals surface area contributed by atoms with Crippen molar-refractivity contribution < 1.29 is 14.6 Å². The molecule has 4 heteroatoms. The van der Waals surface area contributed by atoms with Gasteiger partial charge in [0.05, 0.1) is 5.33 Å². The first-order valence-electron chi connectivity index (χ1n) is 2.60. The van der Waals surface area contributed by atoms with Crippen molar-refractivity contribution in [1.82, 2.24) is 0 Å². The summed E-state index contributed by atoms with van der Waals surface area (Å²) in [7, 11) is 0. The Morgan fingerprint density at radius 3 is 2.78 bits per heavy atom. The van der Waals surface area contributed by atoms with Crippen LogP contribution in [0, 0.1) is 0 Å². The van der Waals surface area contributed by atoms with Crippen LogP contribution in [0.25, 0.3) is 0 Å². The van der Waals surface area contributed by atoms with Gasteiger partial charge in [0.1, 0.15) is 0 Å². The van der Waals surface area contributed by atoms with E-state index in [0.717, 1.165) is 0 Å². The number of aliphatic hydroxyl groups is 1. The Labute approximate surface area is 62.1 Å². The van der Waals surface area contributed by atoms with Crippen molar-refractivity contribution >= 4 is 21.7 Å². The van der Waals surface area contributed by atoms with Gasteiger partial charge in [0.2, 0.25) is 6.29 Å². The van der Waals surface area contributed by atoms with Crippen LogP contribution in [-0.2, 0) is 9.53 Å². The number of ether oxygens (including phenoxy) is 1. The fourth-order valence-electron chi connectivity index (χ4n) is 0.317. The summed E-state index contributed by atoms with van der Waals surface area (Å²) in [6.45, 7) is 2.06. The lowest BCUT2D eigenvalue weighted by Gasteiger charge is -2.05. The van der Waals surface area contributed by atoms with Gasteiger partial charge >= 0.3 is 0 Å². The maximum Gasteiger partial charge on any atom is 0.216 e. The van der Waals surface area contributed by atoms with Gasteiger partial charge in [-0.05, 0) is 6.92 Å². The summed E-state index contributed by atoms with van der Waals surface area (Å²) in [6, 6.07) is 0. The van der Waals surface area contributed by atoms with E-state index in [1.54, 1.807) is 6.92 Å². The van der Waals surface area contributed by atoms with E-state index in [-0.39, 0.29) is 11.1 Å². The molecule has 54 valence electrons. The monoisotopic (exact) mass is 196 g/mol. The number of rotatable bonds is 4. The molecule has 0 aliphatic heterocycles. The van der Waals surface area contributed by atoms with Crippen LogP contribution in [0.15, 0.2) is 0 Å².